The first-order valence-electron chi connectivity index (χ1n) is 5.86. The number of allylic oxidation sites excluding steroid dienone is 4. The highest BCUT2D eigenvalue weighted by Crippen LogP contribution is 2.40. The molecular weight excluding hydrogens is 184 g/mol. The Labute approximate surface area is 93.3 Å². The third-order valence-corrected chi connectivity index (χ3v) is 3.37. The molecule has 0 aliphatic heterocycles. The van der Waals surface area contributed by atoms with Gasteiger partial charge in [-0.1, -0.05) is 45.9 Å². The van der Waals surface area contributed by atoms with Gasteiger partial charge in [0.2, 0.25) is 0 Å². The Morgan fingerprint density at radius 1 is 1.53 bits per heavy atom. The fourth-order valence-electron chi connectivity index (χ4n) is 2.34. The average Bonchev–Trinajstić information content (AvgIpc) is 2.15. The molecule has 1 aliphatic rings. The van der Waals surface area contributed by atoms with Gasteiger partial charge in [0.1, 0.15) is 0 Å². The Hall–Kier alpha value is -0.850. The van der Waals surface area contributed by atoms with E-state index in [4.69, 9.17) is 0 Å². The Bertz CT molecular complexity index is 284. The molecule has 0 amide bonds. The predicted molar refractivity (Wildman–Crippen MR) is 64.6 cm³/mol. The second kappa shape index (κ2) is 4.78. The van der Waals surface area contributed by atoms with Crippen LogP contribution in [-0.4, -0.2) is 5.78 Å². The smallest absolute Gasteiger partial charge is 0.155 e. The second-order valence-corrected chi connectivity index (χ2v) is 5.14. The minimum atomic E-state index is 0.183. The highest BCUT2D eigenvalue weighted by Gasteiger charge is 2.31. The van der Waals surface area contributed by atoms with Crippen LogP contribution in [0, 0.1) is 17.3 Å². The van der Waals surface area contributed by atoms with Gasteiger partial charge in [0.25, 0.3) is 0 Å². The van der Waals surface area contributed by atoms with Crippen LogP contribution in [0.2, 0.25) is 0 Å². The van der Waals surface area contributed by atoms with Gasteiger partial charge < -0.3 is 0 Å². The van der Waals surface area contributed by atoms with E-state index in [0.717, 1.165) is 6.42 Å². The van der Waals surface area contributed by atoms with Gasteiger partial charge in [-0.3, -0.25) is 4.79 Å². The molecule has 1 aliphatic carbocycles. The van der Waals surface area contributed by atoms with Crippen molar-refractivity contribution in [3.05, 3.63) is 24.3 Å². The lowest BCUT2D eigenvalue weighted by molar-refractivity contribution is -0.114. The molecule has 84 valence electrons. The van der Waals surface area contributed by atoms with E-state index in [2.05, 4.69) is 39.0 Å². The molecule has 1 heteroatoms. The van der Waals surface area contributed by atoms with Gasteiger partial charge in [-0.15, -0.1) is 0 Å². The molecule has 1 nitrogen and oxygen atoms in total. The van der Waals surface area contributed by atoms with Crippen molar-refractivity contribution >= 4 is 5.78 Å². The van der Waals surface area contributed by atoms with E-state index in [-0.39, 0.29) is 11.2 Å². The molecule has 1 rings (SSSR count). The average molecular weight is 206 g/mol. The predicted octanol–water partition coefficient (Wildman–Crippen LogP) is 3.76. The summed E-state index contributed by atoms with van der Waals surface area (Å²) in [5.41, 5.74) is 0.183. The fourth-order valence-corrected chi connectivity index (χ4v) is 2.34. The summed E-state index contributed by atoms with van der Waals surface area (Å²) in [6.07, 6.45) is 10.1. The summed E-state index contributed by atoms with van der Waals surface area (Å²) in [5, 5.41) is 0. The molecule has 0 aromatic carbocycles. The second-order valence-electron chi connectivity index (χ2n) is 5.14. The quantitative estimate of drug-likeness (QED) is 0.507. The summed E-state index contributed by atoms with van der Waals surface area (Å²) in [5.74, 6) is 1.34. The van der Waals surface area contributed by atoms with Gasteiger partial charge in [0, 0.05) is 6.42 Å². The van der Waals surface area contributed by atoms with Gasteiger partial charge in [-0.05, 0) is 29.7 Å². The molecule has 0 heterocycles. The van der Waals surface area contributed by atoms with Gasteiger partial charge in [0.15, 0.2) is 5.78 Å². The zero-order valence-electron chi connectivity index (χ0n) is 10.3. The highest BCUT2D eigenvalue weighted by molar-refractivity contribution is 5.89. The first-order chi connectivity index (χ1) is 6.97. The van der Waals surface area contributed by atoms with Crippen LogP contribution in [0.15, 0.2) is 24.3 Å². The molecule has 0 fully saturated rings. The van der Waals surface area contributed by atoms with Crippen molar-refractivity contribution in [3.63, 3.8) is 0 Å². The largest absolute Gasteiger partial charge is 0.295 e. The van der Waals surface area contributed by atoms with E-state index < -0.39 is 0 Å². The summed E-state index contributed by atoms with van der Waals surface area (Å²) in [7, 11) is 0. The zero-order chi connectivity index (χ0) is 11.5. The third kappa shape index (κ3) is 3.05. The molecule has 0 aromatic rings. The number of rotatable bonds is 3. The number of ketones is 1. The van der Waals surface area contributed by atoms with Crippen molar-refractivity contribution < 1.29 is 4.79 Å². The summed E-state index contributed by atoms with van der Waals surface area (Å²) < 4.78 is 0. The standard InChI is InChI=1S/C14H22O/c1-5-12(15)8-9-13-11(2)7-6-10-14(13,3)4/h6,8-11,13H,5,7H2,1-4H3/b9-8+. The number of hydrogen-bond acceptors (Lipinski definition) is 1. The Morgan fingerprint density at radius 3 is 2.73 bits per heavy atom. The third-order valence-electron chi connectivity index (χ3n) is 3.37. The van der Waals surface area contributed by atoms with Crippen LogP contribution in [-0.2, 0) is 4.79 Å². The van der Waals surface area contributed by atoms with E-state index in [0.29, 0.717) is 18.3 Å². The van der Waals surface area contributed by atoms with Crippen LogP contribution in [0.3, 0.4) is 0 Å². The van der Waals surface area contributed by atoms with Crippen molar-refractivity contribution in [1.82, 2.24) is 0 Å². The maximum absolute atomic E-state index is 11.3. The van der Waals surface area contributed by atoms with Crippen molar-refractivity contribution in [2.24, 2.45) is 17.3 Å². The van der Waals surface area contributed by atoms with Crippen molar-refractivity contribution in [2.75, 3.05) is 0 Å². The summed E-state index contributed by atoms with van der Waals surface area (Å²) in [6, 6.07) is 0. The molecule has 0 radical (unpaired) electrons. The number of carbonyl (C=O) groups is 1. The van der Waals surface area contributed by atoms with Crippen molar-refractivity contribution in [1.29, 1.82) is 0 Å². The molecule has 15 heavy (non-hydrogen) atoms. The van der Waals surface area contributed by atoms with E-state index in [1.807, 2.05) is 6.92 Å². The fraction of sp³-hybridized carbons (Fsp3) is 0.643. The molecule has 0 aromatic heterocycles. The zero-order valence-corrected chi connectivity index (χ0v) is 10.3. The van der Waals surface area contributed by atoms with Crippen LogP contribution in [0.4, 0.5) is 0 Å². The minimum absolute atomic E-state index is 0.183. The highest BCUT2D eigenvalue weighted by atomic mass is 16.1. The van der Waals surface area contributed by atoms with Gasteiger partial charge >= 0.3 is 0 Å². The normalized spacial score (nSPS) is 29.6. The molecular formula is C14H22O. The summed E-state index contributed by atoms with van der Waals surface area (Å²) in [6.45, 7) is 8.65. The lowest BCUT2D eigenvalue weighted by atomic mass is 9.68. The maximum Gasteiger partial charge on any atom is 0.155 e. The lowest BCUT2D eigenvalue weighted by Crippen LogP contribution is -2.29. The van der Waals surface area contributed by atoms with Crippen molar-refractivity contribution in [2.45, 2.75) is 40.5 Å². The topological polar surface area (TPSA) is 17.1 Å². The van der Waals surface area contributed by atoms with Crippen LogP contribution < -0.4 is 0 Å². The molecule has 0 N–H and O–H groups in total. The summed E-state index contributed by atoms with van der Waals surface area (Å²) in [4.78, 5) is 11.3. The molecule has 2 atom stereocenters. The Morgan fingerprint density at radius 2 is 2.20 bits per heavy atom. The van der Waals surface area contributed by atoms with Crippen molar-refractivity contribution in [3.8, 4) is 0 Å². The van der Waals surface area contributed by atoms with E-state index in [1.54, 1.807) is 6.08 Å². The number of carbonyl (C=O) groups excluding carboxylic acids is 1. The Kier molecular flexibility index (Phi) is 3.90. The molecule has 0 bridgehead atoms. The van der Waals surface area contributed by atoms with Crippen LogP contribution in [0.5, 0.6) is 0 Å². The van der Waals surface area contributed by atoms with E-state index in [9.17, 15) is 4.79 Å². The van der Waals surface area contributed by atoms with E-state index in [1.165, 1.54) is 0 Å². The molecule has 0 saturated carbocycles. The summed E-state index contributed by atoms with van der Waals surface area (Å²) >= 11 is 0. The molecule has 0 spiro atoms. The Balaban J connectivity index is 2.78. The van der Waals surface area contributed by atoms with Gasteiger partial charge in [0.05, 0.1) is 0 Å². The minimum Gasteiger partial charge on any atom is -0.295 e. The van der Waals surface area contributed by atoms with Gasteiger partial charge in [-0.25, -0.2) is 0 Å². The first kappa shape index (κ1) is 12.2. The maximum atomic E-state index is 11.3. The SMILES string of the molecule is CCC(=O)/C=C/C1C(C)CC=CC1(C)C. The monoisotopic (exact) mass is 206 g/mol. The van der Waals surface area contributed by atoms with Crippen LogP contribution >= 0.6 is 0 Å². The number of hydrogen-bond donors (Lipinski definition) is 0. The van der Waals surface area contributed by atoms with Crippen LogP contribution in [0.25, 0.3) is 0 Å². The van der Waals surface area contributed by atoms with Gasteiger partial charge in [-0.2, -0.15) is 0 Å². The lowest BCUT2D eigenvalue weighted by Gasteiger charge is -2.37. The first-order valence-corrected chi connectivity index (χ1v) is 5.86. The molecule has 2 unspecified atom stereocenters. The van der Waals surface area contributed by atoms with E-state index >= 15 is 0 Å². The molecule has 0 saturated heterocycles. The van der Waals surface area contributed by atoms with Crippen LogP contribution in [0.1, 0.15) is 40.5 Å².